The summed E-state index contributed by atoms with van der Waals surface area (Å²) in [4.78, 5) is 0. The molecule has 2 rings (SSSR count). The predicted molar refractivity (Wildman–Crippen MR) is 71.2 cm³/mol. The molecular formula is C14H20N2O2. The van der Waals surface area contributed by atoms with Crippen LogP contribution in [-0.4, -0.2) is 17.1 Å². The molecule has 98 valence electrons. The van der Waals surface area contributed by atoms with Crippen LogP contribution in [0.15, 0.2) is 23.4 Å². The van der Waals surface area contributed by atoms with Gasteiger partial charge in [-0.25, -0.2) is 0 Å². The summed E-state index contributed by atoms with van der Waals surface area (Å²) < 4.78 is 6.02. The Morgan fingerprint density at radius 3 is 2.72 bits per heavy atom. The summed E-state index contributed by atoms with van der Waals surface area (Å²) in [6, 6.07) is 5.71. The largest absolute Gasteiger partial charge is 0.490 e. The fourth-order valence-electron chi connectivity index (χ4n) is 2.36. The molecule has 0 amide bonds. The van der Waals surface area contributed by atoms with Gasteiger partial charge in [-0.2, -0.15) is 0 Å². The molecule has 0 heterocycles. The molecule has 0 radical (unpaired) electrons. The van der Waals surface area contributed by atoms with E-state index in [-0.39, 0.29) is 11.9 Å². The normalized spacial score (nSPS) is 17.7. The number of ether oxygens (including phenoxy) is 1. The van der Waals surface area contributed by atoms with Gasteiger partial charge in [0, 0.05) is 0 Å². The van der Waals surface area contributed by atoms with E-state index in [2.05, 4.69) is 5.16 Å². The second-order valence-corrected chi connectivity index (χ2v) is 4.86. The van der Waals surface area contributed by atoms with Crippen LogP contribution in [0, 0.1) is 6.92 Å². The highest BCUT2D eigenvalue weighted by Gasteiger charge is 2.17. The first-order valence-corrected chi connectivity index (χ1v) is 6.46. The van der Waals surface area contributed by atoms with E-state index in [9.17, 15) is 0 Å². The molecule has 18 heavy (non-hydrogen) atoms. The monoisotopic (exact) mass is 248 g/mol. The van der Waals surface area contributed by atoms with Gasteiger partial charge in [0.15, 0.2) is 5.84 Å². The number of nitrogens with zero attached hydrogens (tertiary/aromatic N) is 1. The fourth-order valence-corrected chi connectivity index (χ4v) is 2.36. The molecule has 1 aliphatic rings. The van der Waals surface area contributed by atoms with Gasteiger partial charge in [-0.1, -0.05) is 17.6 Å². The lowest BCUT2D eigenvalue weighted by Gasteiger charge is -2.24. The second kappa shape index (κ2) is 5.76. The Hall–Kier alpha value is -1.71. The van der Waals surface area contributed by atoms with Crippen LogP contribution in [0.2, 0.25) is 0 Å². The minimum absolute atomic E-state index is 0.0980. The number of benzene rings is 1. The molecule has 1 aromatic carbocycles. The quantitative estimate of drug-likeness (QED) is 0.374. The first kappa shape index (κ1) is 12.7. The summed E-state index contributed by atoms with van der Waals surface area (Å²) in [7, 11) is 0. The lowest BCUT2D eigenvalue weighted by molar-refractivity contribution is 0.154. The molecule has 0 unspecified atom stereocenters. The minimum atomic E-state index is 0.0980. The van der Waals surface area contributed by atoms with Crippen molar-refractivity contribution in [3.63, 3.8) is 0 Å². The molecule has 1 saturated carbocycles. The van der Waals surface area contributed by atoms with E-state index in [1.807, 2.05) is 25.1 Å². The molecule has 0 aromatic heterocycles. The van der Waals surface area contributed by atoms with Gasteiger partial charge in [0.1, 0.15) is 5.75 Å². The van der Waals surface area contributed by atoms with Crippen LogP contribution in [0.3, 0.4) is 0 Å². The standard InChI is InChI=1S/C14H20N2O2/c1-10-7-8-12(14(15)16-17)13(9-10)18-11-5-3-2-4-6-11/h7-9,11,17H,2-6H2,1H3,(H2,15,16). The van der Waals surface area contributed by atoms with Crippen LogP contribution >= 0.6 is 0 Å². The Balaban J connectivity index is 2.21. The van der Waals surface area contributed by atoms with Gasteiger partial charge in [0.25, 0.3) is 0 Å². The first-order chi connectivity index (χ1) is 8.70. The topological polar surface area (TPSA) is 67.8 Å². The fraction of sp³-hybridized carbons (Fsp3) is 0.500. The lowest BCUT2D eigenvalue weighted by atomic mass is 9.97. The van der Waals surface area contributed by atoms with Gasteiger partial charge in [0.2, 0.25) is 0 Å². The smallest absolute Gasteiger partial charge is 0.173 e. The first-order valence-electron chi connectivity index (χ1n) is 6.46. The van der Waals surface area contributed by atoms with Crippen molar-refractivity contribution in [2.75, 3.05) is 0 Å². The summed E-state index contributed by atoms with van der Waals surface area (Å²) in [6.45, 7) is 2.00. The molecule has 0 aliphatic heterocycles. The molecule has 0 saturated heterocycles. The van der Waals surface area contributed by atoms with Crippen molar-refractivity contribution in [3.8, 4) is 5.75 Å². The van der Waals surface area contributed by atoms with Gasteiger partial charge < -0.3 is 15.7 Å². The van der Waals surface area contributed by atoms with Crippen LogP contribution in [0.4, 0.5) is 0 Å². The summed E-state index contributed by atoms with van der Waals surface area (Å²) in [6.07, 6.45) is 6.16. The number of aryl methyl sites for hydroxylation is 1. The molecule has 0 bridgehead atoms. The van der Waals surface area contributed by atoms with E-state index in [4.69, 9.17) is 15.7 Å². The van der Waals surface area contributed by atoms with Gasteiger partial charge >= 0.3 is 0 Å². The van der Waals surface area contributed by atoms with Gasteiger partial charge in [-0.3, -0.25) is 0 Å². The predicted octanol–water partition coefficient (Wildman–Crippen LogP) is 2.80. The zero-order valence-electron chi connectivity index (χ0n) is 10.7. The van der Waals surface area contributed by atoms with Crippen LogP contribution in [0.1, 0.15) is 43.2 Å². The summed E-state index contributed by atoms with van der Waals surface area (Å²) >= 11 is 0. The number of nitrogens with two attached hydrogens (primary N) is 1. The SMILES string of the molecule is Cc1ccc(C(N)=NO)c(OC2CCCCC2)c1. The third-order valence-corrected chi connectivity index (χ3v) is 3.37. The van der Waals surface area contributed by atoms with Crippen LogP contribution in [0.5, 0.6) is 5.75 Å². The Morgan fingerprint density at radius 2 is 2.06 bits per heavy atom. The van der Waals surface area contributed by atoms with Crippen LogP contribution in [0.25, 0.3) is 0 Å². The molecule has 4 heteroatoms. The van der Waals surface area contributed by atoms with E-state index in [0.29, 0.717) is 5.56 Å². The summed E-state index contributed by atoms with van der Waals surface area (Å²) in [5.41, 5.74) is 7.44. The molecular weight excluding hydrogens is 228 g/mol. The minimum Gasteiger partial charge on any atom is -0.490 e. The highest BCUT2D eigenvalue weighted by molar-refractivity contribution is 5.99. The molecule has 3 N–H and O–H groups in total. The van der Waals surface area contributed by atoms with Crippen molar-refractivity contribution in [2.45, 2.75) is 45.1 Å². The maximum Gasteiger partial charge on any atom is 0.173 e. The molecule has 1 aliphatic carbocycles. The van der Waals surface area contributed by atoms with Crippen molar-refractivity contribution in [1.29, 1.82) is 0 Å². The van der Waals surface area contributed by atoms with E-state index in [1.165, 1.54) is 19.3 Å². The van der Waals surface area contributed by atoms with Crippen molar-refractivity contribution in [1.82, 2.24) is 0 Å². The Labute approximate surface area is 107 Å². The van der Waals surface area contributed by atoms with Crippen molar-refractivity contribution >= 4 is 5.84 Å². The number of rotatable bonds is 3. The van der Waals surface area contributed by atoms with Crippen molar-refractivity contribution in [2.24, 2.45) is 10.9 Å². The zero-order chi connectivity index (χ0) is 13.0. The van der Waals surface area contributed by atoms with E-state index in [1.54, 1.807) is 0 Å². The molecule has 4 nitrogen and oxygen atoms in total. The lowest BCUT2D eigenvalue weighted by Crippen LogP contribution is -2.22. The number of amidine groups is 1. The zero-order valence-corrected chi connectivity index (χ0v) is 10.7. The third-order valence-electron chi connectivity index (χ3n) is 3.37. The Bertz CT molecular complexity index is 437. The molecule has 0 atom stereocenters. The van der Waals surface area contributed by atoms with E-state index >= 15 is 0 Å². The van der Waals surface area contributed by atoms with Gasteiger partial charge in [0.05, 0.1) is 11.7 Å². The molecule has 1 aromatic rings. The van der Waals surface area contributed by atoms with Crippen LogP contribution in [-0.2, 0) is 0 Å². The summed E-state index contributed by atoms with van der Waals surface area (Å²) in [5.74, 6) is 0.818. The second-order valence-electron chi connectivity index (χ2n) is 4.86. The highest BCUT2D eigenvalue weighted by atomic mass is 16.5. The maximum atomic E-state index is 8.80. The average Bonchev–Trinajstić information content (AvgIpc) is 2.39. The van der Waals surface area contributed by atoms with Gasteiger partial charge in [-0.05, 0) is 50.3 Å². The highest BCUT2D eigenvalue weighted by Crippen LogP contribution is 2.26. The van der Waals surface area contributed by atoms with E-state index in [0.717, 1.165) is 24.2 Å². The average molecular weight is 248 g/mol. The number of hydrogen-bond donors (Lipinski definition) is 2. The molecule has 1 fully saturated rings. The van der Waals surface area contributed by atoms with Crippen molar-refractivity contribution in [3.05, 3.63) is 29.3 Å². The van der Waals surface area contributed by atoms with Gasteiger partial charge in [-0.15, -0.1) is 0 Å². The Morgan fingerprint density at radius 1 is 1.33 bits per heavy atom. The number of oxime groups is 1. The van der Waals surface area contributed by atoms with Crippen molar-refractivity contribution < 1.29 is 9.94 Å². The molecule has 0 spiro atoms. The van der Waals surface area contributed by atoms with Crippen LogP contribution < -0.4 is 10.5 Å². The maximum absolute atomic E-state index is 8.80. The third kappa shape index (κ3) is 2.94. The Kier molecular flexibility index (Phi) is 4.07. The number of hydrogen-bond acceptors (Lipinski definition) is 3. The summed E-state index contributed by atoms with van der Waals surface area (Å²) in [5, 5.41) is 11.9. The van der Waals surface area contributed by atoms with E-state index < -0.39 is 0 Å².